The summed E-state index contributed by atoms with van der Waals surface area (Å²) in [6.45, 7) is 13.6. The van der Waals surface area contributed by atoms with Crippen molar-refractivity contribution >= 4 is 21.6 Å². The number of aryl methyl sites for hydroxylation is 6. The van der Waals surface area contributed by atoms with Crippen molar-refractivity contribution in [1.82, 2.24) is 5.32 Å². The molecule has 0 aliphatic carbocycles. The Kier molecular flexibility index (Phi) is 6.98. The Morgan fingerprint density at radius 3 is 2.09 bits per heavy atom. The second-order valence-corrected chi connectivity index (χ2v) is 10.5. The van der Waals surface area contributed by atoms with Gasteiger partial charge in [-0.05, 0) is 106 Å². The molecule has 0 fully saturated rings. The summed E-state index contributed by atoms with van der Waals surface area (Å²) in [6, 6.07) is 14.4. The SMILES string of the molecule is Cc1ccc(C)c(NS(=O)(=O)c2cc(C(=O)N[C@@H](C)c3cc(C)c(C)cc3C)ccc2C)c1. The Morgan fingerprint density at radius 1 is 0.758 bits per heavy atom. The van der Waals surface area contributed by atoms with Gasteiger partial charge in [0.05, 0.1) is 16.6 Å². The van der Waals surface area contributed by atoms with E-state index in [1.165, 1.54) is 11.6 Å². The maximum atomic E-state index is 13.2. The molecule has 0 aliphatic rings. The van der Waals surface area contributed by atoms with Crippen LogP contribution in [0, 0.1) is 41.5 Å². The van der Waals surface area contributed by atoms with Crippen molar-refractivity contribution in [2.75, 3.05) is 4.72 Å². The van der Waals surface area contributed by atoms with Gasteiger partial charge in [-0.15, -0.1) is 0 Å². The molecule has 0 saturated heterocycles. The van der Waals surface area contributed by atoms with E-state index in [1.807, 2.05) is 46.8 Å². The monoisotopic (exact) mass is 464 g/mol. The molecule has 1 atom stereocenters. The van der Waals surface area contributed by atoms with E-state index in [9.17, 15) is 13.2 Å². The Bertz CT molecular complexity index is 1330. The molecule has 0 bridgehead atoms. The van der Waals surface area contributed by atoms with Crippen LogP contribution in [0.1, 0.15) is 62.3 Å². The summed E-state index contributed by atoms with van der Waals surface area (Å²) in [5, 5.41) is 3.01. The second kappa shape index (κ2) is 9.40. The standard InChI is InChI=1S/C27H32N2O3S/c1-16-8-9-17(2)25(12-16)29-33(31,32)26-15-23(11-10-18(26)3)27(30)28-22(7)24-14-20(5)19(4)13-21(24)6/h8-15,22,29H,1-7H3,(H,28,30)/t22-/m0/s1. The summed E-state index contributed by atoms with van der Waals surface area (Å²) in [4.78, 5) is 13.1. The van der Waals surface area contributed by atoms with Crippen molar-refractivity contribution in [3.05, 3.63) is 93.0 Å². The van der Waals surface area contributed by atoms with Crippen molar-refractivity contribution in [3.8, 4) is 0 Å². The average molecular weight is 465 g/mol. The number of amides is 1. The highest BCUT2D eigenvalue weighted by Gasteiger charge is 2.21. The normalized spacial score (nSPS) is 12.3. The molecular weight excluding hydrogens is 432 g/mol. The summed E-state index contributed by atoms with van der Waals surface area (Å²) >= 11 is 0. The van der Waals surface area contributed by atoms with Crippen molar-refractivity contribution < 1.29 is 13.2 Å². The quantitative estimate of drug-likeness (QED) is 0.482. The van der Waals surface area contributed by atoms with Gasteiger partial charge in [-0.25, -0.2) is 8.42 Å². The van der Waals surface area contributed by atoms with E-state index in [2.05, 4.69) is 29.1 Å². The Morgan fingerprint density at radius 2 is 1.39 bits per heavy atom. The molecule has 1 amide bonds. The number of carbonyl (C=O) groups is 1. The molecule has 3 aromatic rings. The van der Waals surface area contributed by atoms with Crippen LogP contribution in [0.4, 0.5) is 5.69 Å². The molecule has 2 N–H and O–H groups in total. The van der Waals surface area contributed by atoms with Gasteiger partial charge in [-0.3, -0.25) is 9.52 Å². The fraction of sp³-hybridized carbons (Fsp3) is 0.296. The zero-order valence-corrected chi connectivity index (χ0v) is 21.1. The fourth-order valence-electron chi connectivity index (χ4n) is 3.88. The zero-order valence-electron chi connectivity index (χ0n) is 20.3. The first-order valence-corrected chi connectivity index (χ1v) is 12.5. The topological polar surface area (TPSA) is 75.3 Å². The molecule has 0 saturated carbocycles. The number of hydrogen-bond donors (Lipinski definition) is 2. The van der Waals surface area contributed by atoms with E-state index in [0.29, 0.717) is 16.8 Å². The maximum absolute atomic E-state index is 13.2. The van der Waals surface area contributed by atoms with E-state index < -0.39 is 10.0 Å². The van der Waals surface area contributed by atoms with E-state index >= 15 is 0 Å². The summed E-state index contributed by atoms with van der Waals surface area (Å²) in [7, 11) is -3.87. The molecule has 33 heavy (non-hydrogen) atoms. The number of carbonyl (C=O) groups excluding carboxylic acids is 1. The van der Waals surface area contributed by atoms with Crippen LogP contribution in [0.15, 0.2) is 53.4 Å². The molecule has 5 nitrogen and oxygen atoms in total. The van der Waals surface area contributed by atoms with Gasteiger partial charge in [-0.2, -0.15) is 0 Å². The van der Waals surface area contributed by atoms with Crippen LogP contribution in [0.25, 0.3) is 0 Å². The van der Waals surface area contributed by atoms with Gasteiger partial charge in [0.15, 0.2) is 0 Å². The largest absolute Gasteiger partial charge is 0.346 e. The van der Waals surface area contributed by atoms with Gasteiger partial charge >= 0.3 is 0 Å². The van der Waals surface area contributed by atoms with Gasteiger partial charge in [0.2, 0.25) is 0 Å². The summed E-state index contributed by atoms with van der Waals surface area (Å²) in [6.07, 6.45) is 0. The lowest BCUT2D eigenvalue weighted by Crippen LogP contribution is -2.27. The smallest absolute Gasteiger partial charge is 0.262 e. The number of nitrogens with one attached hydrogen (secondary N) is 2. The third kappa shape index (κ3) is 5.45. The Hall–Kier alpha value is -3.12. The van der Waals surface area contributed by atoms with E-state index in [4.69, 9.17) is 0 Å². The third-order valence-corrected chi connectivity index (χ3v) is 7.58. The minimum absolute atomic E-state index is 0.0890. The maximum Gasteiger partial charge on any atom is 0.262 e. The van der Waals surface area contributed by atoms with Gasteiger partial charge in [0.1, 0.15) is 0 Å². The van der Waals surface area contributed by atoms with Crippen LogP contribution in [0.3, 0.4) is 0 Å². The second-order valence-electron chi connectivity index (χ2n) is 8.89. The molecule has 174 valence electrons. The van der Waals surface area contributed by atoms with E-state index in [0.717, 1.165) is 27.8 Å². The predicted molar refractivity (Wildman–Crippen MR) is 134 cm³/mol. The predicted octanol–water partition coefficient (Wildman–Crippen LogP) is 5.83. The van der Waals surface area contributed by atoms with Crippen LogP contribution >= 0.6 is 0 Å². The lowest BCUT2D eigenvalue weighted by Gasteiger charge is -2.19. The Labute approximate surface area is 197 Å². The number of hydrogen-bond acceptors (Lipinski definition) is 3. The van der Waals surface area contributed by atoms with Crippen LogP contribution < -0.4 is 10.0 Å². The summed E-state index contributed by atoms with van der Waals surface area (Å²) < 4.78 is 29.0. The first-order valence-electron chi connectivity index (χ1n) is 11.0. The van der Waals surface area contributed by atoms with Gasteiger partial charge in [-0.1, -0.05) is 30.3 Å². The molecule has 0 spiro atoms. The van der Waals surface area contributed by atoms with Gasteiger partial charge < -0.3 is 5.32 Å². The molecule has 0 radical (unpaired) electrons. The van der Waals surface area contributed by atoms with Crippen molar-refractivity contribution in [2.45, 2.75) is 59.4 Å². The van der Waals surface area contributed by atoms with Crippen LogP contribution in [0.5, 0.6) is 0 Å². The lowest BCUT2D eigenvalue weighted by atomic mass is 9.96. The van der Waals surface area contributed by atoms with Crippen molar-refractivity contribution in [2.24, 2.45) is 0 Å². The first kappa shape index (κ1) is 24.5. The highest BCUT2D eigenvalue weighted by Crippen LogP contribution is 2.25. The van der Waals surface area contributed by atoms with Gasteiger partial charge in [0, 0.05) is 5.56 Å². The van der Waals surface area contributed by atoms with Crippen molar-refractivity contribution in [1.29, 1.82) is 0 Å². The number of anilines is 1. The molecule has 0 unspecified atom stereocenters. The minimum atomic E-state index is -3.87. The molecule has 3 rings (SSSR count). The Balaban J connectivity index is 1.88. The molecular formula is C27H32N2O3S. The molecule has 6 heteroatoms. The lowest BCUT2D eigenvalue weighted by molar-refractivity contribution is 0.0939. The summed E-state index contributed by atoms with van der Waals surface area (Å²) in [5.74, 6) is -0.316. The number of rotatable bonds is 6. The minimum Gasteiger partial charge on any atom is -0.346 e. The average Bonchev–Trinajstić information content (AvgIpc) is 2.73. The molecule has 0 aliphatic heterocycles. The number of benzene rings is 3. The third-order valence-electron chi connectivity index (χ3n) is 6.07. The molecule has 0 aromatic heterocycles. The van der Waals surface area contributed by atoms with E-state index in [-0.39, 0.29) is 16.8 Å². The zero-order chi connectivity index (χ0) is 24.5. The highest BCUT2D eigenvalue weighted by molar-refractivity contribution is 7.92. The highest BCUT2D eigenvalue weighted by atomic mass is 32.2. The van der Waals surface area contributed by atoms with Crippen LogP contribution in [-0.4, -0.2) is 14.3 Å². The fourth-order valence-corrected chi connectivity index (χ4v) is 5.28. The van der Waals surface area contributed by atoms with Crippen LogP contribution in [-0.2, 0) is 10.0 Å². The van der Waals surface area contributed by atoms with Gasteiger partial charge in [0.25, 0.3) is 15.9 Å². The molecule has 0 heterocycles. The first-order chi connectivity index (χ1) is 15.4. The van der Waals surface area contributed by atoms with Crippen LogP contribution in [0.2, 0.25) is 0 Å². The van der Waals surface area contributed by atoms with E-state index in [1.54, 1.807) is 25.1 Å². The van der Waals surface area contributed by atoms with Crippen molar-refractivity contribution in [3.63, 3.8) is 0 Å². The molecule has 3 aromatic carbocycles. The number of sulfonamides is 1. The summed E-state index contributed by atoms with van der Waals surface area (Å²) in [5.41, 5.74) is 7.71.